The molecule has 1 aliphatic rings. The van der Waals surface area contributed by atoms with E-state index >= 15 is 0 Å². The molecule has 0 radical (unpaired) electrons. The van der Waals surface area contributed by atoms with Crippen LogP contribution in [0, 0.1) is 0 Å². The van der Waals surface area contributed by atoms with Crippen LogP contribution in [0.15, 0.2) is 10.5 Å². The van der Waals surface area contributed by atoms with E-state index in [1.807, 2.05) is 6.07 Å². The topological polar surface area (TPSA) is 37.0 Å². The summed E-state index contributed by atoms with van der Waals surface area (Å²) in [5, 5.41) is 6.86. The highest BCUT2D eigenvalue weighted by atomic mass is 79.9. The predicted molar refractivity (Wildman–Crippen MR) is 53.9 cm³/mol. The van der Waals surface area contributed by atoms with Crippen molar-refractivity contribution in [2.45, 2.75) is 0 Å². The van der Waals surface area contributed by atoms with Gasteiger partial charge in [0, 0.05) is 13.1 Å². The highest BCUT2D eigenvalue weighted by molar-refractivity contribution is 9.10. The number of fused-ring (bicyclic) bond motifs is 1. The van der Waals surface area contributed by atoms with Gasteiger partial charge in [-0.3, -0.25) is 0 Å². The molecule has 0 spiro atoms. The lowest BCUT2D eigenvalue weighted by Gasteiger charge is -2.18. The van der Waals surface area contributed by atoms with Gasteiger partial charge in [0.2, 0.25) is 0 Å². The Morgan fingerprint density at radius 3 is 3.00 bits per heavy atom. The van der Waals surface area contributed by atoms with E-state index in [4.69, 9.17) is 11.6 Å². The Hall–Kier alpha value is -0.480. The summed E-state index contributed by atoms with van der Waals surface area (Å²) < 4.78 is 0.819. The minimum Gasteiger partial charge on any atom is -0.380 e. The molecule has 0 unspecified atom stereocenters. The van der Waals surface area contributed by atoms with Crippen LogP contribution in [0.25, 0.3) is 0 Å². The molecule has 0 aliphatic carbocycles. The molecular weight excluding hydrogens is 241 g/mol. The lowest BCUT2D eigenvalue weighted by atomic mass is 10.3. The molecule has 1 aromatic rings. The SMILES string of the molecule is Clc1nc2c(cc1Br)NCCN2. The summed E-state index contributed by atoms with van der Waals surface area (Å²) in [7, 11) is 0. The number of hydrogen-bond acceptors (Lipinski definition) is 3. The molecule has 64 valence electrons. The summed E-state index contributed by atoms with van der Waals surface area (Å²) in [5.41, 5.74) is 0.998. The van der Waals surface area contributed by atoms with E-state index in [2.05, 4.69) is 31.5 Å². The summed E-state index contributed by atoms with van der Waals surface area (Å²) in [6, 6.07) is 1.93. The van der Waals surface area contributed by atoms with E-state index in [1.165, 1.54) is 0 Å². The molecule has 2 rings (SSSR count). The molecular formula is C7H7BrClN3. The Labute approximate surface area is 83.6 Å². The molecule has 0 aromatic carbocycles. The van der Waals surface area contributed by atoms with Crippen LogP contribution in [0.3, 0.4) is 0 Å². The average molecular weight is 249 g/mol. The summed E-state index contributed by atoms with van der Waals surface area (Å²) in [4.78, 5) is 4.16. The van der Waals surface area contributed by atoms with Crippen LogP contribution >= 0.6 is 27.5 Å². The highest BCUT2D eigenvalue weighted by Crippen LogP contribution is 2.30. The summed E-state index contributed by atoms with van der Waals surface area (Å²) in [6.45, 7) is 1.81. The van der Waals surface area contributed by atoms with E-state index in [0.717, 1.165) is 29.1 Å². The fourth-order valence-corrected chi connectivity index (χ4v) is 1.57. The van der Waals surface area contributed by atoms with E-state index in [-0.39, 0.29) is 0 Å². The van der Waals surface area contributed by atoms with Gasteiger partial charge in [-0.15, -0.1) is 0 Å². The number of anilines is 2. The Kier molecular flexibility index (Phi) is 2.11. The maximum absolute atomic E-state index is 5.82. The fraction of sp³-hybridized carbons (Fsp3) is 0.286. The first-order valence-electron chi connectivity index (χ1n) is 3.61. The molecule has 0 bridgehead atoms. The molecule has 0 saturated carbocycles. The van der Waals surface area contributed by atoms with Gasteiger partial charge in [-0.05, 0) is 22.0 Å². The van der Waals surface area contributed by atoms with Crippen molar-refractivity contribution in [3.05, 3.63) is 15.7 Å². The minimum absolute atomic E-state index is 0.491. The van der Waals surface area contributed by atoms with Crippen molar-refractivity contribution in [2.24, 2.45) is 0 Å². The normalized spacial score (nSPS) is 14.5. The van der Waals surface area contributed by atoms with Crippen molar-refractivity contribution in [1.82, 2.24) is 4.98 Å². The quantitative estimate of drug-likeness (QED) is 0.692. The lowest BCUT2D eigenvalue weighted by Crippen LogP contribution is -2.21. The monoisotopic (exact) mass is 247 g/mol. The molecule has 2 N–H and O–H groups in total. The van der Waals surface area contributed by atoms with E-state index in [1.54, 1.807) is 0 Å². The first-order chi connectivity index (χ1) is 5.77. The fourth-order valence-electron chi connectivity index (χ4n) is 1.11. The zero-order valence-corrected chi connectivity index (χ0v) is 8.54. The van der Waals surface area contributed by atoms with Crippen molar-refractivity contribution in [2.75, 3.05) is 23.7 Å². The number of pyridine rings is 1. The van der Waals surface area contributed by atoms with Crippen molar-refractivity contribution in [3.8, 4) is 0 Å². The van der Waals surface area contributed by atoms with E-state index < -0.39 is 0 Å². The second kappa shape index (κ2) is 3.11. The average Bonchev–Trinajstić information content (AvgIpc) is 2.07. The van der Waals surface area contributed by atoms with Gasteiger partial charge in [0.15, 0.2) is 5.82 Å². The maximum atomic E-state index is 5.82. The minimum atomic E-state index is 0.491. The third-order valence-electron chi connectivity index (χ3n) is 1.67. The number of hydrogen-bond donors (Lipinski definition) is 2. The number of nitrogens with one attached hydrogen (secondary N) is 2. The van der Waals surface area contributed by atoms with Crippen LogP contribution in [0.5, 0.6) is 0 Å². The van der Waals surface area contributed by atoms with Gasteiger partial charge < -0.3 is 10.6 Å². The Morgan fingerprint density at radius 1 is 1.42 bits per heavy atom. The highest BCUT2D eigenvalue weighted by Gasteiger charge is 2.11. The second-order valence-electron chi connectivity index (χ2n) is 2.51. The molecule has 3 nitrogen and oxygen atoms in total. The smallest absolute Gasteiger partial charge is 0.151 e. The Balaban J connectivity index is 2.49. The van der Waals surface area contributed by atoms with Gasteiger partial charge in [-0.25, -0.2) is 4.98 Å². The molecule has 5 heteroatoms. The standard InChI is InChI=1S/C7H7BrClN3/c8-4-3-5-7(12-6(4)9)11-2-1-10-5/h3,10H,1-2H2,(H,11,12). The molecule has 0 atom stereocenters. The molecule has 1 aliphatic heterocycles. The zero-order chi connectivity index (χ0) is 8.55. The third kappa shape index (κ3) is 1.36. The van der Waals surface area contributed by atoms with E-state index in [9.17, 15) is 0 Å². The van der Waals surface area contributed by atoms with Gasteiger partial charge >= 0.3 is 0 Å². The largest absolute Gasteiger partial charge is 0.380 e. The third-order valence-corrected chi connectivity index (χ3v) is 2.79. The van der Waals surface area contributed by atoms with Crippen LogP contribution in [-0.4, -0.2) is 18.1 Å². The van der Waals surface area contributed by atoms with Gasteiger partial charge in [0.25, 0.3) is 0 Å². The summed E-state index contributed by atoms with van der Waals surface area (Å²) in [5.74, 6) is 0.828. The van der Waals surface area contributed by atoms with Crippen molar-refractivity contribution < 1.29 is 0 Å². The number of aromatic nitrogens is 1. The number of nitrogens with zero attached hydrogens (tertiary/aromatic N) is 1. The zero-order valence-electron chi connectivity index (χ0n) is 6.19. The summed E-state index contributed by atoms with van der Waals surface area (Å²) in [6.07, 6.45) is 0. The molecule has 1 aromatic heterocycles. The van der Waals surface area contributed by atoms with Crippen LogP contribution in [0.2, 0.25) is 5.15 Å². The van der Waals surface area contributed by atoms with Crippen molar-refractivity contribution >= 4 is 39.0 Å². The first-order valence-corrected chi connectivity index (χ1v) is 4.78. The van der Waals surface area contributed by atoms with Gasteiger partial charge in [0.05, 0.1) is 10.2 Å². The predicted octanol–water partition coefficient (Wildman–Crippen LogP) is 2.33. The van der Waals surface area contributed by atoms with Crippen LogP contribution in [0.1, 0.15) is 0 Å². The lowest BCUT2D eigenvalue weighted by molar-refractivity contribution is 1.02. The Morgan fingerprint density at radius 2 is 2.17 bits per heavy atom. The van der Waals surface area contributed by atoms with Crippen molar-refractivity contribution in [1.29, 1.82) is 0 Å². The molecule has 0 saturated heterocycles. The maximum Gasteiger partial charge on any atom is 0.151 e. The molecule has 0 amide bonds. The molecule has 0 fully saturated rings. The number of rotatable bonds is 0. The van der Waals surface area contributed by atoms with Gasteiger partial charge in [-0.1, -0.05) is 11.6 Å². The van der Waals surface area contributed by atoms with E-state index in [0.29, 0.717) is 5.15 Å². The van der Waals surface area contributed by atoms with Gasteiger partial charge in [0.1, 0.15) is 5.15 Å². The number of halogens is 2. The molecule has 2 heterocycles. The van der Waals surface area contributed by atoms with Crippen LogP contribution in [0.4, 0.5) is 11.5 Å². The Bertz CT molecular complexity index is 285. The van der Waals surface area contributed by atoms with Gasteiger partial charge in [-0.2, -0.15) is 0 Å². The van der Waals surface area contributed by atoms with Crippen molar-refractivity contribution in [3.63, 3.8) is 0 Å². The molecule has 12 heavy (non-hydrogen) atoms. The van der Waals surface area contributed by atoms with Crippen LogP contribution < -0.4 is 10.6 Å². The summed E-state index contributed by atoms with van der Waals surface area (Å²) >= 11 is 9.13. The van der Waals surface area contributed by atoms with Crippen LogP contribution in [-0.2, 0) is 0 Å². The first kappa shape index (κ1) is 8.13. The second-order valence-corrected chi connectivity index (χ2v) is 3.72.